The number of benzene rings is 2. The fourth-order valence-electron chi connectivity index (χ4n) is 3.28. The van der Waals surface area contributed by atoms with Gasteiger partial charge in [-0.2, -0.15) is 5.10 Å². The number of anilines is 1. The van der Waals surface area contributed by atoms with Gasteiger partial charge >= 0.3 is 0 Å². The number of nitrogens with zero attached hydrogens (tertiary/aromatic N) is 5. The van der Waals surface area contributed by atoms with Crippen molar-refractivity contribution in [1.29, 1.82) is 0 Å². The van der Waals surface area contributed by atoms with E-state index in [1.807, 2.05) is 56.3 Å². The van der Waals surface area contributed by atoms with Gasteiger partial charge in [-0.05, 0) is 41.8 Å². The third kappa shape index (κ3) is 4.86. The van der Waals surface area contributed by atoms with Crippen LogP contribution >= 0.6 is 27.5 Å². The summed E-state index contributed by atoms with van der Waals surface area (Å²) >= 11 is 9.55. The van der Waals surface area contributed by atoms with E-state index in [0.717, 1.165) is 21.4 Å². The molecule has 0 saturated carbocycles. The van der Waals surface area contributed by atoms with Gasteiger partial charge in [-0.1, -0.05) is 59.6 Å². The summed E-state index contributed by atoms with van der Waals surface area (Å²) < 4.78 is 4.44. The number of hydrogen-bond donors (Lipinski definition) is 1. The van der Waals surface area contributed by atoms with Crippen LogP contribution in [0.4, 0.5) is 5.95 Å². The van der Waals surface area contributed by atoms with Gasteiger partial charge in [0.1, 0.15) is 6.33 Å². The van der Waals surface area contributed by atoms with Crippen molar-refractivity contribution in [3.63, 3.8) is 0 Å². The zero-order valence-corrected chi connectivity index (χ0v) is 19.3. The summed E-state index contributed by atoms with van der Waals surface area (Å²) in [5.74, 6) is -0.00385. The quantitative estimate of drug-likeness (QED) is 0.390. The van der Waals surface area contributed by atoms with Crippen LogP contribution in [0.2, 0.25) is 5.02 Å². The molecule has 9 heteroatoms. The molecule has 0 spiro atoms. The third-order valence-electron chi connectivity index (χ3n) is 4.67. The molecule has 0 aliphatic rings. The van der Waals surface area contributed by atoms with E-state index in [4.69, 9.17) is 11.6 Å². The first-order valence-corrected chi connectivity index (χ1v) is 10.9. The Morgan fingerprint density at radius 1 is 1.19 bits per heavy atom. The van der Waals surface area contributed by atoms with Gasteiger partial charge in [0.05, 0.1) is 29.7 Å². The zero-order valence-electron chi connectivity index (χ0n) is 17.0. The Morgan fingerprint density at radius 3 is 2.68 bits per heavy atom. The highest BCUT2D eigenvalue weighted by molar-refractivity contribution is 9.10. The molecule has 0 atom stereocenters. The van der Waals surface area contributed by atoms with Crippen molar-refractivity contribution >= 4 is 39.4 Å². The number of aromatic nitrogens is 5. The summed E-state index contributed by atoms with van der Waals surface area (Å²) in [4.78, 5) is 17.2. The molecule has 2 aromatic heterocycles. The van der Waals surface area contributed by atoms with Crippen molar-refractivity contribution in [3.8, 4) is 5.69 Å². The number of carbonyl (C=O) groups excluding carboxylic acids is 1. The molecule has 0 saturated heterocycles. The molecule has 31 heavy (non-hydrogen) atoms. The molecule has 7 nitrogen and oxygen atoms in total. The lowest BCUT2D eigenvalue weighted by Gasteiger charge is -2.12. The highest BCUT2D eigenvalue weighted by atomic mass is 79.9. The van der Waals surface area contributed by atoms with Crippen LogP contribution in [-0.2, 0) is 6.54 Å². The van der Waals surface area contributed by atoms with Gasteiger partial charge in [-0.15, -0.1) is 5.10 Å². The van der Waals surface area contributed by atoms with Crippen LogP contribution in [0.3, 0.4) is 0 Å². The Balaban J connectivity index is 1.54. The van der Waals surface area contributed by atoms with Gasteiger partial charge in [0, 0.05) is 9.50 Å². The highest BCUT2D eigenvalue weighted by Gasteiger charge is 2.22. The topological polar surface area (TPSA) is 77.6 Å². The first kappa shape index (κ1) is 21.3. The van der Waals surface area contributed by atoms with Crippen LogP contribution in [0, 0.1) is 0 Å². The molecular formula is C22H20BrClN6O. The average molecular weight is 500 g/mol. The fourth-order valence-corrected chi connectivity index (χ4v) is 3.72. The summed E-state index contributed by atoms with van der Waals surface area (Å²) in [6.07, 6.45) is 3.15. The van der Waals surface area contributed by atoms with E-state index in [1.54, 1.807) is 28.0 Å². The third-order valence-corrected chi connectivity index (χ3v) is 5.43. The average Bonchev–Trinajstić information content (AvgIpc) is 3.37. The number of carbonyl (C=O) groups is 1. The smallest absolute Gasteiger partial charge is 0.261 e. The summed E-state index contributed by atoms with van der Waals surface area (Å²) in [5.41, 5.74) is 3.14. The maximum atomic E-state index is 13.0. The van der Waals surface area contributed by atoms with Crippen LogP contribution in [0.15, 0.2) is 65.5 Å². The van der Waals surface area contributed by atoms with E-state index < -0.39 is 0 Å². The van der Waals surface area contributed by atoms with Gasteiger partial charge in [0.15, 0.2) is 0 Å². The SMILES string of the molecule is CC(C)c1c(C(=O)Nc2ncn(Cc3ccc(Br)cc3)n2)cnn1-c1cccc(Cl)c1. The first-order chi connectivity index (χ1) is 14.9. The summed E-state index contributed by atoms with van der Waals surface area (Å²) in [7, 11) is 0. The van der Waals surface area contributed by atoms with Gasteiger partial charge in [-0.25, -0.2) is 14.3 Å². The Hall–Kier alpha value is -2.97. The van der Waals surface area contributed by atoms with E-state index >= 15 is 0 Å². The monoisotopic (exact) mass is 498 g/mol. The van der Waals surface area contributed by atoms with Crippen molar-refractivity contribution in [2.24, 2.45) is 0 Å². The van der Waals surface area contributed by atoms with E-state index in [1.165, 1.54) is 0 Å². The first-order valence-electron chi connectivity index (χ1n) is 9.70. The number of rotatable bonds is 6. The molecule has 0 unspecified atom stereocenters. The molecule has 2 aromatic carbocycles. The normalized spacial score (nSPS) is 11.1. The summed E-state index contributed by atoms with van der Waals surface area (Å²) in [5, 5.41) is 12.2. The lowest BCUT2D eigenvalue weighted by molar-refractivity contribution is 0.102. The van der Waals surface area contributed by atoms with E-state index in [-0.39, 0.29) is 17.8 Å². The lowest BCUT2D eigenvalue weighted by Crippen LogP contribution is -2.16. The van der Waals surface area contributed by atoms with Crippen LogP contribution in [0.25, 0.3) is 5.69 Å². The van der Waals surface area contributed by atoms with Crippen LogP contribution in [0.1, 0.15) is 41.4 Å². The molecule has 1 amide bonds. The largest absolute Gasteiger partial charge is 0.289 e. The summed E-state index contributed by atoms with van der Waals surface area (Å²) in [6.45, 7) is 4.58. The standard InChI is InChI=1S/C22H20BrClN6O/c1-14(2)20-19(11-26-30(20)18-5-3-4-17(24)10-18)21(31)27-22-25-13-29(28-22)12-15-6-8-16(23)9-7-15/h3-11,13-14H,12H2,1-2H3,(H,27,28,31). The molecule has 2 heterocycles. The van der Waals surface area contributed by atoms with Gasteiger partial charge in [0.2, 0.25) is 5.95 Å². The van der Waals surface area contributed by atoms with Crippen molar-refractivity contribution < 1.29 is 4.79 Å². The van der Waals surface area contributed by atoms with Crippen LogP contribution in [0.5, 0.6) is 0 Å². The van der Waals surface area contributed by atoms with Crippen LogP contribution < -0.4 is 5.32 Å². The maximum Gasteiger partial charge on any atom is 0.261 e. The molecule has 0 radical (unpaired) electrons. The van der Waals surface area contributed by atoms with Crippen LogP contribution in [-0.4, -0.2) is 30.5 Å². The minimum Gasteiger partial charge on any atom is -0.289 e. The molecular weight excluding hydrogens is 480 g/mol. The molecule has 1 N–H and O–H groups in total. The minimum absolute atomic E-state index is 0.0603. The van der Waals surface area contributed by atoms with Crippen molar-refractivity contribution in [3.05, 3.63) is 87.4 Å². The molecule has 4 rings (SSSR count). The van der Waals surface area contributed by atoms with E-state index in [0.29, 0.717) is 17.1 Å². The molecule has 0 aliphatic carbocycles. The fraction of sp³-hybridized carbons (Fsp3) is 0.182. The lowest BCUT2D eigenvalue weighted by atomic mass is 10.1. The van der Waals surface area contributed by atoms with Crippen molar-refractivity contribution in [2.75, 3.05) is 5.32 Å². The number of hydrogen-bond acceptors (Lipinski definition) is 4. The summed E-state index contributed by atoms with van der Waals surface area (Å²) in [6, 6.07) is 15.3. The second-order valence-electron chi connectivity index (χ2n) is 7.34. The number of amides is 1. The van der Waals surface area contributed by atoms with Gasteiger partial charge in [0.25, 0.3) is 5.91 Å². The van der Waals surface area contributed by atoms with Crippen molar-refractivity contribution in [2.45, 2.75) is 26.3 Å². The Kier molecular flexibility index (Phi) is 6.20. The predicted molar refractivity (Wildman–Crippen MR) is 124 cm³/mol. The van der Waals surface area contributed by atoms with E-state index in [9.17, 15) is 4.79 Å². The molecule has 4 aromatic rings. The zero-order chi connectivity index (χ0) is 22.0. The van der Waals surface area contributed by atoms with Gasteiger partial charge < -0.3 is 0 Å². The second kappa shape index (κ2) is 9.03. The van der Waals surface area contributed by atoms with Crippen molar-refractivity contribution in [1.82, 2.24) is 24.5 Å². The second-order valence-corrected chi connectivity index (χ2v) is 8.69. The van der Waals surface area contributed by atoms with E-state index in [2.05, 4.69) is 36.4 Å². The molecule has 0 aliphatic heterocycles. The predicted octanol–water partition coefficient (Wildman–Crippen LogP) is 5.30. The highest BCUT2D eigenvalue weighted by Crippen LogP contribution is 2.25. The molecule has 0 bridgehead atoms. The van der Waals surface area contributed by atoms with Gasteiger partial charge in [-0.3, -0.25) is 10.1 Å². The Labute approximate surface area is 193 Å². The minimum atomic E-state index is -0.307. The molecule has 0 fully saturated rings. The molecule has 158 valence electrons. The Bertz CT molecular complexity index is 1210. The maximum absolute atomic E-state index is 13.0. The Morgan fingerprint density at radius 2 is 1.97 bits per heavy atom. The number of nitrogens with one attached hydrogen (secondary N) is 1. The number of halogens is 2.